The van der Waals surface area contributed by atoms with Crippen molar-refractivity contribution in [3.8, 4) is 5.75 Å². The van der Waals surface area contributed by atoms with Gasteiger partial charge in [0.05, 0.1) is 29.9 Å². The molecule has 0 bridgehead atoms. The number of benzene rings is 2. The van der Waals surface area contributed by atoms with Crippen LogP contribution in [0.2, 0.25) is 0 Å². The van der Waals surface area contributed by atoms with Gasteiger partial charge in [-0.05, 0) is 74.8 Å². The Labute approximate surface area is 445 Å². The Kier molecular flexibility index (Phi) is 43.1. The van der Waals surface area contributed by atoms with E-state index in [2.05, 4.69) is 61.9 Å². The number of nitro benzene ring substituents is 1. The van der Waals surface area contributed by atoms with Gasteiger partial charge in [0.25, 0.3) is 5.69 Å². The van der Waals surface area contributed by atoms with Crippen molar-refractivity contribution in [3.05, 3.63) is 52.6 Å². The highest BCUT2D eigenvalue weighted by molar-refractivity contribution is 5.58. The van der Waals surface area contributed by atoms with Crippen LogP contribution in [0.1, 0.15) is 291 Å². The van der Waals surface area contributed by atoms with Gasteiger partial charge in [-0.3, -0.25) is 10.1 Å². The SMILES string of the molecule is CCCCCCCCCCCCC(CCCCCCCCCC)COCCN(CC)c1ccc(/N=N/c2ccc([N+](=O)[O-])cc2OCC(CCCCCCCCCC)CCCCCCCCCCCC)cc1. The lowest BCUT2D eigenvalue weighted by molar-refractivity contribution is -0.384. The highest BCUT2D eigenvalue weighted by atomic mass is 16.6. The monoisotopic (exact) mass is 1000 g/mol. The number of rotatable bonds is 53. The molecule has 0 heterocycles. The van der Waals surface area contributed by atoms with E-state index in [9.17, 15) is 10.1 Å². The molecule has 0 fully saturated rings. The molecule has 72 heavy (non-hydrogen) atoms. The third-order valence-electron chi connectivity index (χ3n) is 15.2. The van der Waals surface area contributed by atoms with Crippen LogP contribution in [-0.2, 0) is 4.74 Å². The molecule has 0 amide bonds. The minimum Gasteiger partial charge on any atom is -0.491 e. The van der Waals surface area contributed by atoms with E-state index >= 15 is 0 Å². The van der Waals surface area contributed by atoms with E-state index in [1.165, 1.54) is 256 Å². The van der Waals surface area contributed by atoms with Gasteiger partial charge in [-0.15, -0.1) is 5.11 Å². The molecule has 2 aromatic carbocycles. The van der Waals surface area contributed by atoms with Gasteiger partial charge in [0, 0.05) is 31.5 Å². The summed E-state index contributed by atoms with van der Waals surface area (Å²) in [7, 11) is 0. The summed E-state index contributed by atoms with van der Waals surface area (Å²) in [5.74, 6) is 1.52. The highest BCUT2D eigenvalue weighted by Crippen LogP contribution is 2.35. The number of non-ortho nitro benzene ring substituents is 1. The number of ether oxygens (including phenoxy) is 2. The van der Waals surface area contributed by atoms with Gasteiger partial charge in [-0.25, -0.2) is 0 Å². The van der Waals surface area contributed by atoms with Gasteiger partial charge in [-0.2, -0.15) is 5.11 Å². The molecular weight excluding hydrogens is 889 g/mol. The van der Waals surface area contributed by atoms with Gasteiger partial charge in [0.1, 0.15) is 5.69 Å². The van der Waals surface area contributed by atoms with Crippen LogP contribution in [0.4, 0.5) is 22.7 Å². The molecule has 0 aromatic heterocycles. The van der Waals surface area contributed by atoms with Crippen LogP contribution in [0, 0.1) is 22.0 Å². The molecule has 2 rings (SSSR count). The van der Waals surface area contributed by atoms with Crippen LogP contribution in [0.5, 0.6) is 5.75 Å². The summed E-state index contributed by atoms with van der Waals surface area (Å²) >= 11 is 0. The standard InChI is InChI=1S/C64H114N4O4/c1-6-11-15-19-23-27-29-33-36-40-44-58(43-39-35-31-25-21-17-13-8-3)56-71-54-53-67(10-5)61-49-47-60(48-50-61)65-66-63-52-51-62(68(69)70)55-64(63)72-57-59(45-41-37-32-26-22-18-14-9-4)46-42-38-34-30-28-24-20-16-12-7-2/h47-52,55,58-59H,6-46,53-54,56-57H2,1-5H3/b66-65+. The number of likely N-dealkylation sites (N-methyl/N-ethyl adjacent to an activating group) is 1. The Hall–Kier alpha value is -3.00. The zero-order valence-electron chi connectivity index (χ0n) is 47.9. The number of hydrogen-bond acceptors (Lipinski definition) is 7. The predicted octanol–water partition coefficient (Wildman–Crippen LogP) is 22.1. The first-order valence-corrected chi connectivity index (χ1v) is 31.2. The summed E-state index contributed by atoms with van der Waals surface area (Å²) in [6.07, 6.45) is 53.4. The van der Waals surface area contributed by atoms with Gasteiger partial charge >= 0.3 is 0 Å². The third kappa shape index (κ3) is 35.2. The summed E-state index contributed by atoms with van der Waals surface area (Å²) in [5.41, 5.74) is 2.42. The molecule has 0 aliphatic carbocycles. The Morgan fingerprint density at radius 2 is 0.847 bits per heavy atom. The molecule has 8 heteroatoms. The number of hydrogen-bond donors (Lipinski definition) is 0. The average Bonchev–Trinajstić information content (AvgIpc) is 3.39. The van der Waals surface area contributed by atoms with E-state index in [4.69, 9.17) is 9.47 Å². The maximum Gasteiger partial charge on any atom is 0.273 e. The van der Waals surface area contributed by atoms with E-state index < -0.39 is 0 Å². The van der Waals surface area contributed by atoms with Crippen LogP contribution >= 0.6 is 0 Å². The molecular formula is C64H114N4O4. The molecule has 2 atom stereocenters. The van der Waals surface area contributed by atoms with Crippen molar-refractivity contribution >= 4 is 22.7 Å². The van der Waals surface area contributed by atoms with E-state index in [0.717, 1.165) is 50.5 Å². The lowest BCUT2D eigenvalue weighted by Gasteiger charge is -2.24. The summed E-state index contributed by atoms with van der Waals surface area (Å²) in [5, 5.41) is 21.1. The minimum absolute atomic E-state index is 0.0133. The second kappa shape index (κ2) is 47.7. The summed E-state index contributed by atoms with van der Waals surface area (Å²) in [4.78, 5) is 13.9. The number of azo groups is 1. The fraction of sp³-hybridized carbons (Fsp3) is 0.812. The van der Waals surface area contributed by atoms with Crippen molar-refractivity contribution in [3.63, 3.8) is 0 Å². The normalized spacial score (nSPS) is 12.5. The number of nitro groups is 1. The van der Waals surface area contributed by atoms with E-state index in [1.807, 2.05) is 12.1 Å². The maximum atomic E-state index is 11.9. The number of nitrogens with zero attached hydrogens (tertiary/aromatic N) is 4. The van der Waals surface area contributed by atoms with E-state index in [-0.39, 0.29) is 10.6 Å². The Balaban J connectivity index is 1.97. The van der Waals surface area contributed by atoms with Crippen molar-refractivity contribution in [1.29, 1.82) is 0 Å². The fourth-order valence-corrected chi connectivity index (χ4v) is 10.4. The molecule has 0 aliphatic rings. The van der Waals surface area contributed by atoms with Crippen molar-refractivity contribution in [2.75, 3.05) is 37.8 Å². The van der Waals surface area contributed by atoms with Crippen LogP contribution in [-0.4, -0.2) is 37.8 Å². The van der Waals surface area contributed by atoms with E-state index in [0.29, 0.717) is 29.9 Å². The Bertz CT molecular complexity index is 1530. The van der Waals surface area contributed by atoms with E-state index in [1.54, 1.807) is 6.07 Å². The molecule has 414 valence electrons. The molecule has 0 aliphatic heterocycles. The summed E-state index contributed by atoms with van der Waals surface area (Å²) in [6, 6.07) is 13.0. The predicted molar refractivity (Wildman–Crippen MR) is 312 cm³/mol. The second-order valence-corrected chi connectivity index (χ2v) is 21.8. The van der Waals surface area contributed by atoms with Crippen molar-refractivity contribution in [2.45, 2.75) is 291 Å². The van der Waals surface area contributed by atoms with Crippen molar-refractivity contribution in [1.82, 2.24) is 0 Å². The lowest BCUT2D eigenvalue weighted by Crippen LogP contribution is -2.27. The smallest absolute Gasteiger partial charge is 0.273 e. The average molecular weight is 1000 g/mol. The first-order valence-electron chi connectivity index (χ1n) is 31.2. The van der Waals surface area contributed by atoms with Gasteiger partial charge in [-0.1, -0.05) is 259 Å². The number of anilines is 1. The van der Waals surface area contributed by atoms with Crippen LogP contribution in [0.25, 0.3) is 0 Å². The highest BCUT2D eigenvalue weighted by Gasteiger charge is 2.16. The van der Waals surface area contributed by atoms with Crippen LogP contribution in [0.15, 0.2) is 52.7 Å². The zero-order valence-corrected chi connectivity index (χ0v) is 47.9. The van der Waals surface area contributed by atoms with Crippen LogP contribution < -0.4 is 9.64 Å². The molecule has 0 saturated carbocycles. The topological polar surface area (TPSA) is 89.6 Å². The second-order valence-electron chi connectivity index (χ2n) is 21.8. The van der Waals surface area contributed by atoms with Gasteiger partial charge in [0.15, 0.2) is 5.75 Å². The largest absolute Gasteiger partial charge is 0.491 e. The fourth-order valence-electron chi connectivity index (χ4n) is 10.4. The molecule has 0 N–H and O–H groups in total. The molecule has 2 unspecified atom stereocenters. The van der Waals surface area contributed by atoms with Gasteiger partial charge < -0.3 is 14.4 Å². The molecule has 8 nitrogen and oxygen atoms in total. The lowest BCUT2D eigenvalue weighted by atomic mass is 9.94. The molecule has 2 aromatic rings. The zero-order chi connectivity index (χ0) is 51.8. The Morgan fingerprint density at radius 3 is 1.22 bits per heavy atom. The third-order valence-corrected chi connectivity index (χ3v) is 15.2. The summed E-state index contributed by atoms with van der Waals surface area (Å²) in [6.45, 7) is 15.2. The first kappa shape index (κ1) is 65.1. The molecule has 0 saturated heterocycles. The minimum atomic E-state index is -0.353. The number of unbranched alkanes of at least 4 members (excludes halogenated alkanes) is 32. The quantitative estimate of drug-likeness (QED) is 0.0285. The van der Waals surface area contributed by atoms with Gasteiger partial charge in [0.2, 0.25) is 0 Å². The first-order chi connectivity index (χ1) is 35.4. The van der Waals surface area contributed by atoms with Crippen molar-refractivity contribution in [2.24, 2.45) is 22.1 Å². The summed E-state index contributed by atoms with van der Waals surface area (Å²) < 4.78 is 12.9. The Morgan fingerprint density at radius 1 is 0.472 bits per heavy atom. The van der Waals surface area contributed by atoms with Crippen LogP contribution in [0.3, 0.4) is 0 Å². The molecule has 0 spiro atoms. The molecule has 0 radical (unpaired) electrons. The van der Waals surface area contributed by atoms with Crippen molar-refractivity contribution < 1.29 is 14.4 Å². The maximum absolute atomic E-state index is 11.9.